The molecule has 0 aromatic carbocycles. The molecule has 0 aromatic heterocycles. The third-order valence-corrected chi connectivity index (χ3v) is 1.68. The molecule has 0 aromatic rings. The zero-order valence-electron chi connectivity index (χ0n) is 6.89. The van der Waals surface area contributed by atoms with Crippen LogP contribution in [-0.4, -0.2) is 24.7 Å². The van der Waals surface area contributed by atoms with E-state index in [0.29, 0.717) is 6.42 Å². The van der Waals surface area contributed by atoms with Gasteiger partial charge in [-0.2, -0.15) is 0 Å². The number of aliphatic imine (C=N–C) groups is 1. The molecule has 0 saturated heterocycles. The number of nitrogens with zero attached hydrogens (tertiary/aromatic N) is 1. The molecular weight excluding hydrogens is 140 g/mol. The standard InChI is InChI=1S/C8H14N2O/c1-7(11)4-6-10-8-3-2-5-9-8/h2-6H2,1H3,(H,9,10). The molecule has 1 aliphatic rings. The minimum Gasteiger partial charge on any atom is -0.373 e. The Labute approximate surface area is 66.9 Å². The van der Waals surface area contributed by atoms with Crippen LogP contribution in [0.4, 0.5) is 0 Å². The van der Waals surface area contributed by atoms with Crippen molar-refractivity contribution in [2.45, 2.75) is 26.2 Å². The van der Waals surface area contributed by atoms with E-state index in [1.165, 1.54) is 0 Å². The Morgan fingerprint density at radius 1 is 1.73 bits per heavy atom. The Kier molecular flexibility index (Phi) is 3.08. The van der Waals surface area contributed by atoms with E-state index in [0.717, 1.165) is 31.8 Å². The lowest BCUT2D eigenvalue weighted by molar-refractivity contribution is -0.116. The van der Waals surface area contributed by atoms with E-state index in [1.807, 2.05) is 0 Å². The third-order valence-electron chi connectivity index (χ3n) is 1.68. The van der Waals surface area contributed by atoms with Gasteiger partial charge in [-0.15, -0.1) is 0 Å². The second kappa shape index (κ2) is 4.11. The summed E-state index contributed by atoms with van der Waals surface area (Å²) < 4.78 is 0. The average molecular weight is 154 g/mol. The molecule has 0 atom stereocenters. The molecule has 1 rings (SSSR count). The predicted molar refractivity (Wildman–Crippen MR) is 44.8 cm³/mol. The van der Waals surface area contributed by atoms with E-state index >= 15 is 0 Å². The van der Waals surface area contributed by atoms with Crippen LogP contribution in [0, 0.1) is 0 Å². The summed E-state index contributed by atoms with van der Waals surface area (Å²) in [4.78, 5) is 14.8. The van der Waals surface area contributed by atoms with E-state index in [-0.39, 0.29) is 5.78 Å². The molecule has 3 heteroatoms. The highest BCUT2D eigenvalue weighted by Gasteiger charge is 2.04. The van der Waals surface area contributed by atoms with Gasteiger partial charge in [0.2, 0.25) is 0 Å². The number of rotatable bonds is 3. The van der Waals surface area contributed by atoms with Crippen molar-refractivity contribution in [1.82, 2.24) is 5.32 Å². The maximum atomic E-state index is 10.5. The van der Waals surface area contributed by atoms with Gasteiger partial charge in [0.15, 0.2) is 0 Å². The molecule has 0 amide bonds. The van der Waals surface area contributed by atoms with Crippen LogP contribution >= 0.6 is 0 Å². The largest absolute Gasteiger partial charge is 0.373 e. The van der Waals surface area contributed by atoms with E-state index in [2.05, 4.69) is 10.3 Å². The lowest BCUT2D eigenvalue weighted by atomic mass is 10.3. The van der Waals surface area contributed by atoms with E-state index in [1.54, 1.807) is 6.92 Å². The van der Waals surface area contributed by atoms with Crippen LogP contribution in [0.3, 0.4) is 0 Å². The van der Waals surface area contributed by atoms with Crippen molar-refractivity contribution in [2.24, 2.45) is 4.99 Å². The summed E-state index contributed by atoms with van der Waals surface area (Å²) in [6.45, 7) is 3.30. The van der Waals surface area contributed by atoms with Crippen LogP contribution in [0.25, 0.3) is 0 Å². The van der Waals surface area contributed by atoms with E-state index in [9.17, 15) is 4.79 Å². The second-order valence-electron chi connectivity index (χ2n) is 2.81. The summed E-state index contributed by atoms with van der Waals surface area (Å²) in [7, 11) is 0. The van der Waals surface area contributed by atoms with E-state index < -0.39 is 0 Å². The summed E-state index contributed by atoms with van der Waals surface area (Å²) in [6.07, 6.45) is 2.82. The first-order valence-corrected chi connectivity index (χ1v) is 4.05. The summed E-state index contributed by atoms with van der Waals surface area (Å²) in [5.41, 5.74) is 0. The predicted octanol–water partition coefficient (Wildman–Crippen LogP) is 0.747. The van der Waals surface area contributed by atoms with Gasteiger partial charge in [0, 0.05) is 25.9 Å². The maximum Gasteiger partial charge on any atom is 0.131 e. The summed E-state index contributed by atoms with van der Waals surface area (Å²) in [5.74, 6) is 1.31. The summed E-state index contributed by atoms with van der Waals surface area (Å²) >= 11 is 0. The summed E-state index contributed by atoms with van der Waals surface area (Å²) in [5, 5.41) is 3.14. The van der Waals surface area contributed by atoms with Gasteiger partial charge < -0.3 is 5.32 Å². The second-order valence-corrected chi connectivity index (χ2v) is 2.81. The van der Waals surface area contributed by atoms with Crippen molar-refractivity contribution in [1.29, 1.82) is 0 Å². The van der Waals surface area contributed by atoms with Gasteiger partial charge in [0.1, 0.15) is 5.78 Å². The molecule has 1 heterocycles. The van der Waals surface area contributed by atoms with Crippen LogP contribution in [0.2, 0.25) is 0 Å². The Bertz CT molecular complexity index is 175. The van der Waals surface area contributed by atoms with Gasteiger partial charge >= 0.3 is 0 Å². The SMILES string of the molecule is CC(=O)CCNC1=NCCC1. The zero-order valence-corrected chi connectivity index (χ0v) is 6.89. The molecule has 0 spiro atoms. The smallest absolute Gasteiger partial charge is 0.131 e. The molecule has 0 unspecified atom stereocenters. The van der Waals surface area contributed by atoms with Crippen molar-refractivity contribution >= 4 is 11.6 Å². The molecule has 0 aliphatic carbocycles. The molecule has 0 fully saturated rings. The third kappa shape index (κ3) is 3.16. The van der Waals surface area contributed by atoms with Gasteiger partial charge in [-0.1, -0.05) is 0 Å². The number of hydrogen-bond donors (Lipinski definition) is 1. The number of carbonyl (C=O) groups is 1. The van der Waals surface area contributed by atoms with Crippen molar-refractivity contribution in [3.63, 3.8) is 0 Å². The fourth-order valence-electron chi connectivity index (χ4n) is 1.07. The summed E-state index contributed by atoms with van der Waals surface area (Å²) in [6, 6.07) is 0. The van der Waals surface area contributed by atoms with Crippen LogP contribution < -0.4 is 5.32 Å². The van der Waals surface area contributed by atoms with Gasteiger partial charge in [-0.05, 0) is 13.3 Å². The first kappa shape index (κ1) is 8.24. The number of hydrogen-bond acceptors (Lipinski definition) is 3. The van der Waals surface area contributed by atoms with E-state index in [4.69, 9.17) is 0 Å². The van der Waals surface area contributed by atoms with Crippen molar-refractivity contribution in [3.05, 3.63) is 0 Å². The first-order chi connectivity index (χ1) is 5.29. The minimum absolute atomic E-state index is 0.232. The lowest BCUT2D eigenvalue weighted by Crippen LogP contribution is -2.23. The molecule has 1 N–H and O–H groups in total. The Morgan fingerprint density at radius 2 is 2.55 bits per heavy atom. The first-order valence-electron chi connectivity index (χ1n) is 4.05. The highest BCUT2D eigenvalue weighted by Crippen LogP contribution is 2.00. The number of ketones is 1. The molecule has 62 valence electrons. The van der Waals surface area contributed by atoms with Crippen LogP contribution in [-0.2, 0) is 4.79 Å². The Balaban J connectivity index is 2.07. The van der Waals surface area contributed by atoms with Crippen LogP contribution in [0.5, 0.6) is 0 Å². The normalized spacial score (nSPS) is 16.3. The Hall–Kier alpha value is -0.860. The number of nitrogens with one attached hydrogen (secondary N) is 1. The zero-order chi connectivity index (χ0) is 8.10. The quantitative estimate of drug-likeness (QED) is 0.651. The van der Waals surface area contributed by atoms with Gasteiger partial charge in [0.05, 0.1) is 5.84 Å². The fourth-order valence-corrected chi connectivity index (χ4v) is 1.07. The van der Waals surface area contributed by atoms with Crippen molar-refractivity contribution in [3.8, 4) is 0 Å². The minimum atomic E-state index is 0.232. The fraction of sp³-hybridized carbons (Fsp3) is 0.750. The average Bonchev–Trinajstić information content (AvgIpc) is 2.39. The van der Waals surface area contributed by atoms with Gasteiger partial charge in [-0.25, -0.2) is 0 Å². The van der Waals surface area contributed by atoms with Gasteiger partial charge in [0.25, 0.3) is 0 Å². The molecule has 11 heavy (non-hydrogen) atoms. The molecule has 0 saturated carbocycles. The molecule has 0 radical (unpaired) electrons. The molecule has 0 bridgehead atoms. The number of Topliss-reactive ketones (excluding diaryl/α,β-unsaturated/α-hetero) is 1. The topological polar surface area (TPSA) is 41.5 Å². The van der Waals surface area contributed by atoms with Crippen molar-refractivity contribution in [2.75, 3.05) is 13.1 Å². The highest BCUT2D eigenvalue weighted by molar-refractivity contribution is 5.84. The highest BCUT2D eigenvalue weighted by atomic mass is 16.1. The van der Waals surface area contributed by atoms with Crippen molar-refractivity contribution < 1.29 is 4.79 Å². The maximum absolute atomic E-state index is 10.5. The molecule has 3 nitrogen and oxygen atoms in total. The van der Waals surface area contributed by atoms with Crippen LogP contribution in [0.15, 0.2) is 4.99 Å². The number of carbonyl (C=O) groups excluding carboxylic acids is 1. The Morgan fingerprint density at radius 3 is 3.09 bits per heavy atom. The lowest BCUT2D eigenvalue weighted by Gasteiger charge is -2.02. The monoisotopic (exact) mass is 154 g/mol. The molecular formula is C8H14N2O. The van der Waals surface area contributed by atoms with Crippen LogP contribution in [0.1, 0.15) is 26.2 Å². The molecule has 1 aliphatic heterocycles. The number of amidine groups is 1. The van der Waals surface area contributed by atoms with Gasteiger partial charge in [-0.3, -0.25) is 9.79 Å².